The first-order chi connectivity index (χ1) is 12.4. The third kappa shape index (κ3) is 5.29. The number of hydrogen-bond donors (Lipinski definition) is 2. The van der Waals surface area contributed by atoms with E-state index in [1.807, 2.05) is 20.2 Å². The molecule has 1 aromatic heterocycles. The molecule has 2 rings (SSSR count). The van der Waals surface area contributed by atoms with Crippen LogP contribution in [-0.2, 0) is 0 Å². The topological polar surface area (TPSA) is 37.2 Å². The Labute approximate surface area is 157 Å². The molecule has 1 aromatic carbocycles. The average Bonchev–Trinajstić information content (AvgIpc) is 3.02. The number of furan rings is 1. The molecule has 0 unspecified atom stereocenters. The van der Waals surface area contributed by atoms with Crippen LogP contribution in [0, 0.1) is 0 Å². The highest BCUT2D eigenvalue weighted by Gasteiger charge is 2.10. The quantitative estimate of drug-likeness (QED) is 0.477. The van der Waals surface area contributed by atoms with Gasteiger partial charge >= 0.3 is 0 Å². The molecule has 0 aliphatic carbocycles. The van der Waals surface area contributed by atoms with Gasteiger partial charge in [0.25, 0.3) is 0 Å². The smallest absolute Gasteiger partial charge is 0.137 e. The normalized spacial score (nSPS) is 11.5. The van der Waals surface area contributed by atoms with Crippen molar-refractivity contribution in [2.24, 2.45) is 0 Å². The van der Waals surface area contributed by atoms with E-state index in [4.69, 9.17) is 4.42 Å². The van der Waals surface area contributed by atoms with Gasteiger partial charge in [0.2, 0.25) is 0 Å². The number of nitrogens with one attached hydrogen (secondary N) is 2. The van der Waals surface area contributed by atoms with E-state index in [9.17, 15) is 0 Å². The molecule has 0 fully saturated rings. The maximum Gasteiger partial charge on any atom is 0.137 e. The second kappa shape index (κ2) is 9.33. The van der Waals surface area contributed by atoms with E-state index in [1.54, 1.807) is 0 Å². The maximum atomic E-state index is 6.02. The minimum Gasteiger partial charge on any atom is -0.456 e. The van der Waals surface area contributed by atoms with Crippen molar-refractivity contribution in [2.75, 3.05) is 24.7 Å². The van der Waals surface area contributed by atoms with Gasteiger partial charge in [-0.2, -0.15) is 0 Å². The van der Waals surface area contributed by atoms with Crippen molar-refractivity contribution in [1.82, 2.24) is 0 Å². The van der Waals surface area contributed by atoms with Gasteiger partial charge in [-0.25, -0.2) is 0 Å². The molecular weight excluding hydrogens is 320 g/mol. The van der Waals surface area contributed by atoms with Crippen molar-refractivity contribution in [2.45, 2.75) is 46.5 Å². The summed E-state index contributed by atoms with van der Waals surface area (Å²) in [6.45, 7) is 10.7. The van der Waals surface area contributed by atoms with Crippen LogP contribution in [0.3, 0.4) is 0 Å². The van der Waals surface area contributed by atoms with Gasteiger partial charge in [0.05, 0.1) is 11.4 Å². The summed E-state index contributed by atoms with van der Waals surface area (Å²) in [7, 11) is 3.84. The van der Waals surface area contributed by atoms with Crippen LogP contribution in [0.1, 0.15) is 52.2 Å². The molecule has 0 saturated heterocycles. The number of rotatable bonds is 9. The van der Waals surface area contributed by atoms with Crippen LogP contribution in [0.15, 0.2) is 52.5 Å². The second-order valence-corrected chi connectivity index (χ2v) is 7.06. The van der Waals surface area contributed by atoms with E-state index >= 15 is 0 Å². The largest absolute Gasteiger partial charge is 0.456 e. The maximum absolute atomic E-state index is 6.02. The first-order valence-corrected chi connectivity index (χ1v) is 9.34. The Bertz CT molecular complexity index is 779. The second-order valence-electron chi connectivity index (χ2n) is 7.06. The van der Waals surface area contributed by atoms with E-state index in [0.717, 1.165) is 59.4 Å². The molecular formula is C23H32N2O. The van der Waals surface area contributed by atoms with E-state index in [0.29, 0.717) is 0 Å². The molecule has 1 heterocycles. The van der Waals surface area contributed by atoms with Gasteiger partial charge in [-0.15, -0.1) is 0 Å². The van der Waals surface area contributed by atoms with Crippen molar-refractivity contribution >= 4 is 27.9 Å². The highest BCUT2D eigenvalue weighted by atomic mass is 16.3. The van der Waals surface area contributed by atoms with Crippen LogP contribution in [-0.4, -0.2) is 14.1 Å². The van der Waals surface area contributed by atoms with E-state index in [2.05, 4.69) is 62.3 Å². The summed E-state index contributed by atoms with van der Waals surface area (Å²) in [4.78, 5) is 0. The predicted octanol–water partition coefficient (Wildman–Crippen LogP) is 7.00. The minimum absolute atomic E-state index is 0.880. The Morgan fingerprint density at radius 3 is 2.27 bits per heavy atom. The Hall–Kier alpha value is -2.42. The zero-order valence-electron chi connectivity index (χ0n) is 16.8. The van der Waals surface area contributed by atoms with Gasteiger partial charge in [-0.1, -0.05) is 29.9 Å². The molecule has 0 atom stereocenters. The van der Waals surface area contributed by atoms with Crippen LogP contribution in [0.4, 0.5) is 11.4 Å². The van der Waals surface area contributed by atoms with Gasteiger partial charge in [-0.3, -0.25) is 0 Å². The molecule has 140 valence electrons. The van der Waals surface area contributed by atoms with Gasteiger partial charge in [0.1, 0.15) is 11.3 Å². The Morgan fingerprint density at radius 2 is 1.62 bits per heavy atom. The molecule has 0 bridgehead atoms. The van der Waals surface area contributed by atoms with Crippen LogP contribution in [0.25, 0.3) is 16.5 Å². The van der Waals surface area contributed by atoms with E-state index < -0.39 is 0 Å². The van der Waals surface area contributed by atoms with Crippen molar-refractivity contribution < 1.29 is 4.42 Å². The standard InChI is InChI=1S/C23H32N2O/c1-16(2)9-7-10-17(3)11-8-12-18(4)22-14-19-13-20(24-5)21(25-6)15-23(19)26-22/h9,11,13-15,24-25H,4,7-8,10,12H2,1-3,5-6H3. The van der Waals surface area contributed by atoms with E-state index in [-0.39, 0.29) is 0 Å². The summed E-state index contributed by atoms with van der Waals surface area (Å²) >= 11 is 0. The van der Waals surface area contributed by atoms with Gasteiger partial charge in [-0.05, 0) is 64.2 Å². The summed E-state index contributed by atoms with van der Waals surface area (Å²) in [5, 5.41) is 7.50. The highest BCUT2D eigenvalue weighted by Crippen LogP contribution is 2.32. The summed E-state index contributed by atoms with van der Waals surface area (Å²) in [5.41, 5.74) is 6.86. The number of allylic oxidation sites excluding steroid dienone is 5. The van der Waals surface area contributed by atoms with Crippen molar-refractivity contribution in [3.05, 3.63) is 53.8 Å². The Balaban J connectivity index is 2.00. The minimum atomic E-state index is 0.880. The lowest BCUT2D eigenvalue weighted by atomic mass is 10.1. The molecule has 0 aliphatic heterocycles. The number of fused-ring (bicyclic) bond motifs is 1. The lowest BCUT2D eigenvalue weighted by Gasteiger charge is -2.07. The monoisotopic (exact) mass is 352 g/mol. The molecule has 0 aliphatic rings. The zero-order valence-corrected chi connectivity index (χ0v) is 16.8. The third-order valence-corrected chi connectivity index (χ3v) is 4.57. The number of benzene rings is 1. The van der Waals surface area contributed by atoms with Crippen molar-refractivity contribution in [3.63, 3.8) is 0 Å². The number of hydrogen-bond acceptors (Lipinski definition) is 3. The van der Waals surface area contributed by atoms with Crippen LogP contribution >= 0.6 is 0 Å². The third-order valence-electron chi connectivity index (χ3n) is 4.57. The van der Waals surface area contributed by atoms with Gasteiger partial charge in [0.15, 0.2) is 0 Å². The fourth-order valence-electron chi connectivity index (χ4n) is 2.98. The Morgan fingerprint density at radius 1 is 0.962 bits per heavy atom. The predicted molar refractivity (Wildman–Crippen MR) is 116 cm³/mol. The lowest BCUT2D eigenvalue weighted by Crippen LogP contribution is -1.95. The fourth-order valence-corrected chi connectivity index (χ4v) is 2.98. The first kappa shape index (κ1) is 19.9. The first-order valence-electron chi connectivity index (χ1n) is 9.34. The SMILES string of the molecule is C=C(CCC=C(C)CCC=C(C)C)c1cc2cc(NC)c(NC)cc2o1. The van der Waals surface area contributed by atoms with Crippen LogP contribution in [0.5, 0.6) is 0 Å². The van der Waals surface area contributed by atoms with Crippen LogP contribution < -0.4 is 10.6 Å². The molecule has 0 radical (unpaired) electrons. The van der Waals surface area contributed by atoms with Gasteiger partial charge < -0.3 is 15.1 Å². The summed E-state index contributed by atoms with van der Waals surface area (Å²) in [5.74, 6) is 0.880. The average molecular weight is 353 g/mol. The van der Waals surface area contributed by atoms with E-state index in [1.165, 1.54) is 11.1 Å². The zero-order chi connectivity index (χ0) is 19.1. The molecule has 2 N–H and O–H groups in total. The number of anilines is 2. The Kier molecular flexibility index (Phi) is 7.14. The van der Waals surface area contributed by atoms with Crippen molar-refractivity contribution in [3.8, 4) is 0 Å². The summed E-state index contributed by atoms with van der Waals surface area (Å²) < 4.78 is 6.02. The molecule has 3 nitrogen and oxygen atoms in total. The molecule has 26 heavy (non-hydrogen) atoms. The molecule has 0 spiro atoms. The fraction of sp³-hybridized carbons (Fsp3) is 0.391. The van der Waals surface area contributed by atoms with Crippen LogP contribution in [0.2, 0.25) is 0 Å². The molecule has 0 amide bonds. The van der Waals surface area contributed by atoms with Crippen molar-refractivity contribution in [1.29, 1.82) is 0 Å². The molecule has 2 aromatic rings. The highest BCUT2D eigenvalue weighted by molar-refractivity contribution is 5.90. The molecule has 3 heteroatoms. The van der Waals surface area contributed by atoms with Gasteiger partial charge in [0, 0.05) is 25.5 Å². The molecule has 0 saturated carbocycles. The summed E-state index contributed by atoms with van der Waals surface area (Å²) in [6.07, 6.45) is 8.78. The lowest BCUT2D eigenvalue weighted by molar-refractivity contribution is 0.596. The summed E-state index contributed by atoms with van der Waals surface area (Å²) in [6, 6.07) is 6.23.